The number of carboxylic acids is 1. The molecule has 0 aliphatic rings. The normalized spacial score (nSPS) is 10.4. The summed E-state index contributed by atoms with van der Waals surface area (Å²) in [5.74, 6) is -0.862. The van der Waals surface area contributed by atoms with Gasteiger partial charge < -0.3 is 5.11 Å². The second-order valence-electron chi connectivity index (χ2n) is 3.21. The van der Waals surface area contributed by atoms with Crippen LogP contribution in [0, 0.1) is 5.82 Å². The highest BCUT2D eigenvalue weighted by atomic mass is 32.2. The van der Waals surface area contributed by atoms with E-state index in [1.165, 1.54) is 41.3 Å². The van der Waals surface area contributed by atoms with Crippen LogP contribution in [0.4, 0.5) is 4.39 Å². The maximum absolute atomic E-state index is 13.4. The van der Waals surface area contributed by atoms with E-state index in [0.29, 0.717) is 10.6 Å². The van der Waals surface area contributed by atoms with Gasteiger partial charge in [0, 0.05) is 21.7 Å². The molecule has 0 atom stereocenters. The van der Waals surface area contributed by atoms with Crippen molar-refractivity contribution in [1.82, 2.24) is 4.98 Å². The van der Waals surface area contributed by atoms with E-state index >= 15 is 0 Å². The number of thioether (sulfide) groups is 1. The van der Waals surface area contributed by atoms with Crippen LogP contribution in [0.5, 0.6) is 0 Å². The first-order chi connectivity index (χ1) is 8.16. The Kier molecular flexibility index (Phi) is 3.75. The molecular weight excluding hydrogens is 261 g/mol. The van der Waals surface area contributed by atoms with Gasteiger partial charge in [-0.3, -0.25) is 4.98 Å². The van der Waals surface area contributed by atoms with Crippen molar-refractivity contribution in [3.8, 4) is 0 Å². The van der Waals surface area contributed by atoms with Gasteiger partial charge in [-0.1, -0.05) is 0 Å². The van der Waals surface area contributed by atoms with Crippen LogP contribution in [0.2, 0.25) is 0 Å². The van der Waals surface area contributed by atoms with Crippen molar-refractivity contribution in [1.29, 1.82) is 0 Å². The first kappa shape index (κ1) is 12.1. The molecule has 3 nitrogen and oxygen atoms in total. The molecule has 0 fully saturated rings. The SMILES string of the molecule is O=C(O)c1ccc(F)c(SCc2cncs2)c1. The highest BCUT2D eigenvalue weighted by Crippen LogP contribution is 2.27. The topological polar surface area (TPSA) is 50.2 Å². The van der Waals surface area contributed by atoms with Gasteiger partial charge in [0.05, 0.1) is 11.1 Å². The van der Waals surface area contributed by atoms with E-state index < -0.39 is 11.8 Å². The minimum atomic E-state index is -1.05. The minimum Gasteiger partial charge on any atom is -0.478 e. The highest BCUT2D eigenvalue weighted by molar-refractivity contribution is 7.98. The standard InChI is InChI=1S/C11H8FNO2S2/c12-9-2-1-7(11(14)15)3-10(9)16-5-8-4-13-6-17-8/h1-4,6H,5H2,(H,14,15). The molecule has 1 aromatic carbocycles. The molecule has 2 aromatic rings. The summed E-state index contributed by atoms with van der Waals surface area (Å²) >= 11 is 2.76. The largest absolute Gasteiger partial charge is 0.478 e. The summed E-state index contributed by atoms with van der Waals surface area (Å²) in [6.45, 7) is 0. The third kappa shape index (κ3) is 3.04. The van der Waals surface area contributed by atoms with Gasteiger partial charge in [-0.25, -0.2) is 9.18 Å². The molecule has 0 aliphatic carbocycles. The van der Waals surface area contributed by atoms with E-state index in [9.17, 15) is 9.18 Å². The summed E-state index contributed by atoms with van der Waals surface area (Å²) in [6.07, 6.45) is 1.72. The predicted molar refractivity (Wildman–Crippen MR) is 65.0 cm³/mol. The predicted octanol–water partition coefficient (Wildman–Crippen LogP) is 3.27. The van der Waals surface area contributed by atoms with Crippen molar-refractivity contribution in [3.05, 3.63) is 46.2 Å². The molecule has 0 aliphatic heterocycles. The third-order valence-corrected chi connectivity index (χ3v) is 4.07. The number of carbonyl (C=O) groups is 1. The van der Waals surface area contributed by atoms with Gasteiger partial charge in [-0.05, 0) is 18.2 Å². The van der Waals surface area contributed by atoms with Gasteiger partial charge >= 0.3 is 5.97 Å². The Morgan fingerprint density at radius 2 is 2.35 bits per heavy atom. The number of benzene rings is 1. The number of halogens is 1. The molecule has 2 rings (SSSR count). The number of thiazole rings is 1. The fourth-order valence-corrected chi connectivity index (χ4v) is 2.83. The third-order valence-electron chi connectivity index (χ3n) is 2.03. The summed E-state index contributed by atoms with van der Waals surface area (Å²) < 4.78 is 13.4. The molecule has 0 unspecified atom stereocenters. The van der Waals surface area contributed by atoms with E-state index in [-0.39, 0.29) is 5.56 Å². The summed E-state index contributed by atoms with van der Waals surface area (Å²) in [5.41, 5.74) is 1.80. The van der Waals surface area contributed by atoms with E-state index in [4.69, 9.17) is 5.11 Å². The van der Waals surface area contributed by atoms with E-state index in [0.717, 1.165) is 4.88 Å². The van der Waals surface area contributed by atoms with Crippen molar-refractivity contribution in [2.75, 3.05) is 0 Å². The fraction of sp³-hybridized carbons (Fsp3) is 0.0909. The number of hydrogen-bond acceptors (Lipinski definition) is 4. The second kappa shape index (κ2) is 5.29. The Balaban J connectivity index is 2.14. The molecule has 6 heteroatoms. The quantitative estimate of drug-likeness (QED) is 0.865. The van der Waals surface area contributed by atoms with Crippen LogP contribution in [0.1, 0.15) is 15.2 Å². The zero-order valence-electron chi connectivity index (χ0n) is 8.59. The average molecular weight is 269 g/mol. The van der Waals surface area contributed by atoms with Gasteiger partial charge in [-0.2, -0.15) is 0 Å². The summed E-state index contributed by atoms with van der Waals surface area (Å²) in [4.78, 5) is 16.0. The van der Waals surface area contributed by atoms with Crippen molar-refractivity contribution >= 4 is 29.1 Å². The number of carboxylic acid groups (broad SMARTS) is 1. The fourth-order valence-electron chi connectivity index (χ4n) is 1.21. The van der Waals surface area contributed by atoms with Crippen LogP contribution in [0.25, 0.3) is 0 Å². The van der Waals surface area contributed by atoms with Crippen LogP contribution >= 0.6 is 23.1 Å². The van der Waals surface area contributed by atoms with E-state index in [2.05, 4.69) is 4.98 Å². The molecule has 0 bridgehead atoms. The Hall–Kier alpha value is -1.40. The molecule has 1 heterocycles. The average Bonchev–Trinajstić information content (AvgIpc) is 2.80. The first-order valence-electron chi connectivity index (χ1n) is 4.70. The van der Waals surface area contributed by atoms with Crippen molar-refractivity contribution in [2.24, 2.45) is 0 Å². The summed E-state index contributed by atoms with van der Waals surface area (Å²) in [6, 6.07) is 3.79. The minimum absolute atomic E-state index is 0.0956. The lowest BCUT2D eigenvalue weighted by Gasteiger charge is -2.03. The Morgan fingerprint density at radius 3 is 3.00 bits per heavy atom. The van der Waals surface area contributed by atoms with Crippen LogP contribution in [-0.4, -0.2) is 16.1 Å². The number of nitrogens with zero attached hydrogens (tertiary/aromatic N) is 1. The molecule has 88 valence electrons. The summed E-state index contributed by atoms with van der Waals surface area (Å²) in [5, 5.41) is 8.81. The molecule has 0 spiro atoms. The number of rotatable bonds is 4. The molecule has 1 aromatic heterocycles. The van der Waals surface area contributed by atoms with E-state index in [1.807, 2.05) is 0 Å². The molecule has 17 heavy (non-hydrogen) atoms. The highest BCUT2D eigenvalue weighted by Gasteiger charge is 2.09. The van der Waals surface area contributed by atoms with Gasteiger partial charge in [0.15, 0.2) is 0 Å². The van der Waals surface area contributed by atoms with Crippen LogP contribution < -0.4 is 0 Å². The second-order valence-corrected chi connectivity index (χ2v) is 5.19. The zero-order chi connectivity index (χ0) is 12.3. The van der Waals surface area contributed by atoms with Crippen molar-refractivity contribution < 1.29 is 14.3 Å². The summed E-state index contributed by atoms with van der Waals surface area (Å²) in [7, 11) is 0. The molecular formula is C11H8FNO2S2. The first-order valence-corrected chi connectivity index (χ1v) is 6.56. The lowest BCUT2D eigenvalue weighted by Crippen LogP contribution is -1.97. The molecule has 0 radical (unpaired) electrons. The van der Waals surface area contributed by atoms with Gasteiger partial charge in [0.2, 0.25) is 0 Å². The monoisotopic (exact) mass is 269 g/mol. The van der Waals surface area contributed by atoms with Crippen LogP contribution in [0.15, 0.2) is 34.8 Å². The van der Waals surface area contributed by atoms with Crippen molar-refractivity contribution in [3.63, 3.8) is 0 Å². The molecule has 1 N–H and O–H groups in total. The lowest BCUT2D eigenvalue weighted by atomic mass is 10.2. The molecule has 0 saturated carbocycles. The molecule has 0 saturated heterocycles. The number of aromatic carboxylic acids is 1. The number of aromatic nitrogens is 1. The molecule has 0 amide bonds. The van der Waals surface area contributed by atoms with Gasteiger partial charge in [-0.15, -0.1) is 23.1 Å². The van der Waals surface area contributed by atoms with E-state index in [1.54, 1.807) is 11.7 Å². The van der Waals surface area contributed by atoms with Crippen molar-refractivity contribution in [2.45, 2.75) is 10.6 Å². The Morgan fingerprint density at radius 1 is 1.53 bits per heavy atom. The Labute approximate surface area is 105 Å². The van der Waals surface area contributed by atoms with Crippen LogP contribution in [-0.2, 0) is 5.75 Å². The van der Waals surface area contributed by atoms with Crippen LogP contribution in [0.3, 0.4) is 0 Å². The van der Waals surface area contributed by atoms with Gasteiger partial charge in [0.1, 0.15) is 5.82 Å². The van der Waals surface area contributed by atoms with Gasteiger partial charge in [0.25, 0.3) is 0 Å². The lowest BCUT2D eigenvalue weighted by molar-refractivity contribution is 0.0696. The smallest absolute Gasteiger partial charge is 0.335 e. The number of hydrogen-bond donors (Lipinski definition) is 1. The Bertz CT molecular complexity index is 528. The zero-order valence-corrected chi connectivity index (χ0v) is 10.2. The maximum atomic E-state index is 13.4. The maximum Gasteiger partial charge on any atom is 0.335 e.